The van der Waals surface area contributed by atoms with Crippen LogP contribution in [-0.4, -0.2) is 25.3 Å². The van der Waals surface area contributed by atoms with E-state index >= 15 is 0 Å². The highest BCUT2D eigenvalue weighted by atomic mass is 35.5. The summed E-state index contributed by atoms with van der Waals surface area (Å²) in [4.78, 5) is 0.226. The van der Waals surface area contributed by atoms with Crippen LogP contribution in [0.4, 0.5) is 5.69 Å². The fourth-order valence-corrected chi connectivity index (χ4v) is 4.76. The van der Waals surface area contributed by atoms with E-state index in [0.717, 1.165) is 25.7 Å². The number of nitrogens with zero attached hydrogens (tertiary/aromatic N) is 1. The molecule has 0 amide bonds. The maximum atomic E-state index is 12.8. The molecule has 112 valence electrons. The lowest BCUT2D eigenvalue weighted by Crippen LogP contribution is -2.41. The van der Waals surface area contributed by atoms with Crippen LogP contribution in [0.5, 0.6) is 0 Å². The third kappa shape index (κ3) is 3.10. The zero-order valence-corrected chi connectivity index (χ0v) is 13.3. The summed E-state index contributed by atoms with van der Waals surface area (Å²) in [6.07, 6.45) is 5.27. The second-order valence-corrected chi connectivity index (χ2v) is 7.48. The van der Waals surface area contributed by atoms with Crippen molar-refractivity contribution in [3.63, 3.8) is 0 Å². The lowest BCUT2D eigenvalue weighted by molar-refractivity contribution is 0.261. The molecule has 6 heteroatoms. The van der Waals surface area contributed by atoms with Crippen LogP contribution >= 0.6 is 11.6 Å². The molecule has 4 nitrogen and oxygen atoms in total. The molecule has 0 bridgehead atoms. The Morgan fingerprint density at radius 3 is 2.50 bits per heavy atom. The van der Waals surface area contributed by atoms with Crippen LogP contribution in [0.3, 0.4) is 0 Å². The van der Waals surface area contributed by atoms with Crippen LogP contribution < -0.4 is 5.73 Å². The van der Waals surface area contributed by atoms with Gasteiger partial charge in [0, 0.05) is 12.6 Å². The normalized spacial score (nSPS) is 17.6. The molecule has 0 heterocycles. The third-order valence-corrected chi connectivity index (χ3v) is 6.22. The van der Waals surface area contributed by atoms with Crippen LogP contribution in [0.15, 0.2) is 23.1 Å². The predicted molar refractivity (Wildman–Crippen MR) is 82.3 cm³/mol. The molecule has 0 aromatic heterocycles. The monoisotopic (exact) mass is 316 g/mol. The molecule has 2 rings (SSSR count). The summed E-state index contributed by atoms with van der Waals surface area (Å²) in [6, 6.07) is 4.62. The van der Waals surface area contributed by atoms with Gasteiger partial charge in [-0.05, 0) is 31.0 Å². The van der Waals surface area contributed by atoms with Crippen LogP contribution in [-0.2, 0) is 10.0 Å². The fourth-order valence-electron chi connectivity index (χ4n) is 2.80. The Bertz CT molecular complexity index is 569. The average Bonchev–Trinajstić information content (AvgIpc) is 2.43. The second-order valence-electron chi connectivity index (χ2n) is 5.18. The Morgan fingerprint density at radius 1 is 1.30 bits per heavy atom. The van der Waals surface area contributed by atoms with Crippen molar-refractivity contribution < 1.29 is 8.42 Å². The second kappa shape index (κ2) is 6.33. The lowest BCUT2D eigenvalue weighted by atomic mass is 9.95. The molecule has 1 aromatic carbocycles. The SMILES string of the molecule is CCN(C1CCCCC1)S(=O)(=O)c1ccc(N)c(Cl)c1. The first-order valence-corrected chi connectivity index (χ1v) is 8.85. The summed E-state index contributed by atoms with van der Waals surface area (Å²) >= 11 is 5.95. The molecule has 1 aromatic rings. The summed E-state index contributed by atoms with van der Waals surface area (Å²) in [5, 5.41) is 0.283. The number of halogens is 1. The largest absolute Gasteiger partial charge is 0.398 e. The molecule has 1 aliphatic carbocycles. The summed E-state index contributed by atoms with van der Waals surface area (Å²) in [5.74, 6) is 0. The Hall–Kier alpha value is -0.780. The molecule has 2 N–H and O–H groups in total. The topological polar surface area (TPSA) is 63.4 Å². The molecule has 1 aliphatic rings. The smallest absolute Gasteiger partial charge is 0.243 e. The van der Waals surface area contributed by atoms with E-state index < -0.39 is 10.0 Å². The molecule has 1 saturated carbocycles. The standard InChI is InChI=1S/C14H21ClN2O2S/c1-2-17(11-6-4-3-5-7-11)20(18,19)12-8-9-14(16)13(15)10-12/h8-11H,2-7,16H2,1H3. The number of hydrogen-bond donors (Lipinski definition) is 1. The molecular weight excluding hydrogens is 296 g/mol. The zero-order valence-electron chi connectivity index (χ0n) is 11.7. The highest BCUT2D eigenvalue weighted by Crippen LogP contribution is 2.29. The van der Waals surface area contributed by atoms with Gasteiger partial charge in [0.05, 0.1) is 15.6 Å². The Kier molecular flexibility index (Phi) is 4.94. The van der Waals surface area contributed by atoms with E-state index in [2.05, 4.69) is 0 Å². The predicted octanol–water partition coefficient (Wildman–Crippen LogP) is 3.27. The molecule has 0 atom stereocenters. The van der Waals surface area contributed by atoms with Crippen molar-refractivity contribution in [3.05, 3.63) is 23.2 Å². The van der Waals surface area contributed by atoms with Crippen LogP contribution in [0.2, 0.25) is 5.02 Å². The molecule has 0 saturated heterocycles. The van der Waals surface area contributed by atoms with Gasteiger partial charge >= 0.3 is 0 Å². The summed E-state index contributed by atoms with van der Waals surface area (Å²) < 4.78 is 27.1. The number of hydrogen-bond acceptors (Lipinski definition) is 3. The quantitative estimate of drug-likeness (QED) is 0.867. The van der Waals surface area contributed by atoms with Crippen molar-refractivity contribution >= 4 is 27.3 Å². The van der Waals surface area contributed by atoms with Gasteiger partial charge < -0.3 is 5.73 Å². The van der Waals surface area contributed by atoms with E-state index in [0.29, 0.717) is 12.2 Å². The van der Waals surface area contributed by atoms with E-state index in [1.54, 1.807) is 10.4 Å². The minimum absolute atomic E-state index is 0.107. The number of rotatable bonds is 4. The van der Waals surface area contributed by atoms with Crippen LogP contribution in [0.25, 0.3) is 0 Å². The first kappa shape index (κ1) is 15.6. The maximum absolute atomic E-state index is 12.8. The average molecular weight is 317 g/mol. The van der Waals surface area contributed by atoms with Crippen LogP contribution in [0, 0.1) is 0 Å². The Morgan fingerprint density at radius 2 is 1.95 bits per heavy atom. The lowest BCUT2D eigenvalue weighted by Gasteiger charge is -2.32. The first-order valence-electron chi connectivity index (χ1n) is 7.03. The highest BCUT2D eigenvalue weighted by Gasteiger charge is 2.31. The summed E-state index contributed by atoms with van der Waals surface area (Å²) in [6.45, 7) is 2.36. The minimum atomic E-state index is -3.50. The Balaban J connectivity index is 2.32. The highest BCUT2D eigenvalue weighted by molar-refractivity contribution is 7.89. The van der Waals surface area contributed by atoms with E-state index in [4.69, 9.17) is 17.3 Å². The van der Waals surface area contributed by atoms with Gasteiger partial charge in [0.2, 0.25) is 10.0 Å². The van der Waals surface area contributed by atoms with E-state index in [1.807, 2.05) is 6.92 Å². The van der Waals surface area contributed by atoms with E-state index in [1.165, 1.54) is 18.6 Å². The molecule has 0 radical (unpaired) electrons. The molecular formula is C14H21ClN2O2S. The van der Waals surface area contributed by atoms with Gasteiger partial charge in [-0.15, -0.1) is 0 Å². The number of sulfonamides is 1. The van der Waals surface area contributed by atoms with Crippen LogP contribution in [0.1, 0.15) is 39.0 Å². The molecule has 0 aliphatic heterocycles. The number of benzene rings is 1. The zero-order chi connectivity index (χ0) is 14.8. The van der Waals surface area contributed by atoms with Crippen molar-refractivity contribution in [2.24, 2.45) is 0 Å². The fraction of sp³-hybridized carbons (Fsp3) is 0.571. The number of nitrogen functional groups attached to an aromatic ring is 1. The van der Waals surface area contributed by atoms with Gasteiger partial charge in [0.15, 0.2) is 0 Å². The van der Waals surface area contributed by atoms with Crippen molar-refractivity contribution in [1.29, 1.82) is 0 Å². The minimum Gasteiger partial charge on any atom is -0.398 e. The molecule has 20 heavy (non-hydrogen) atoms. The van der Waals surface area contributed by atoms with Gasteiger partial charge in [0.25, 0.3) is 0 Å². The van der Waals surface area contributed by atoms with Crippen molar-refractivity contribution in [2.45, 2.75) is 50.0 Å². The number of nitrogens with two attached hydrogens (primary N) is 1. The van der Waals surface area contributed by atoms with Gasteiger partial charge in [0.1, 0.15) is 0 Å². The molecule has 0 spiro atoms. The summed E-state index contributed by atoms with van der Waals surface area (Å²) in [7, 11) is -3.50. The molecule has 0 unspecified atom stereocenters. The van der Waals surface area contributed by atoms with Gasteiger partial charge in [-0.25, -0.2) is 8.42 Å². The third-order valence-electron chi connectivity index (χ3n) is 3.87. The van der Waals surface area contributed by atoms with E-state index in [-0.39, 0.29) is 16.0 Å². The Labute approximate surface area is 126 Å². The van der Waals surface area contributed by atoms with Gasteiger partial charge in [-0.2, -0.15) is 4.31 Å². The number of anilines is 1. The van der Waals surface area contributed by atoms with Gasteiger partial charge in [-0.1, -0.05) is 37.8 Å². The van der Waals surface area contributed by atoms with Gasteiger partial charge in [-0.3, -0.25) is 0 Å². The van der Waals surface area contributed by atoms with Crippen molar-refractivity contribution in [3.8, 4) is 0 Å². The maximum Gasteiger partial charge on any atom is 0.243 e. The van der Waals surface area contributed by atoms with Crippen molar-refractivity contribution in [2.75, 3.05) is 12.3 Å². The van der Waals surface area contributed by atoms with Crippen molar-refractivity contribution in [1.82, 2.24) is 4.31 Å². The first-order chi connectivity index (χ1) is 9.46. The molecule has 1 fully saturated rings. The van der Waals surface area contributed by atoms with E-state index in [9.17, 15) is 8.42 Å². The summed E-state index contributed by atoms with van der Waals surface area (Å²) in [5.41, 5.74) is 6.04.